The second-order valence-corrected chi connectivity index (χ2v) is 8.94. The first-order chi connectivity index (χ1) is 15.1. The zero-order valence-electron chi connectivity index (χ0n) is 18.4. The first kappa shape index (κ1) is 19.8. The summed E-state index contributed by atoms with van der Waals surface area (Å²) in [7, 11) is 4.28. The molecule has 3 unspecified atom stereocenters. The molecule has 2 aliphatic rings. The quantitative estimate of drug-likeness (QED) is 0.547. The summed E-state index contributed by atoms with van der Waals surface area (Å²) < 4.78 is 0. The largest absolute Gasteiger partial charge is 0.386 e. The van der Waals surface area contributed by atoms with Gasteiger partial charge in [0.25, 0.3) is 0 Å². The van der Waals surface area contributed by atoms with Gasteiger partial charge >= 0.3 is 0 Å². The van der Waals surface area contributed by atoms with E-state index in [0.717, 1.165) is 24.4 Å². The van der Waals surface area contributed by atoms with E-state index in [1.807, 2.05) is 6.07 Å². The molecule has 0 saturated heterocycles. The van der Waals surface area contributed by atoms with Gasteiger partial charge in [0.15, 0.2) is 6.10 Å². The highest BCUT2D eigenvalue weighted by atomic mass is 16.6. The summed E-state index contributed by atoms with van der Waals surface area (Å²) in [5.74, 6) is 0.575. The lowest BCUT2D eigenvalue weighted by molar-refractivity contribution is 0.0772. The van der Waals surface area contributed by atoms with Gasteiger partial charge in [0.2, 0.25) is 0 Å². The van der Waals surface area contributed by atoms with E-state index >= 15 is 0 Å². The molecule has 31 heavy (non-hydrogen) atoms. The lowest BCUT2D eigenvalue weighted by Gasteiger charge is -2.31. The van der Waals surface area contributed by atoms with E-state index in [-0.39, 0.29) is 12.0 Å². The Balaban J connectivity index is 1.65. The second-order valence-electron chi connectivity index (χ2n) is 8.94. The van der Waals surface area contributed by atoms with Crippen molar-refractivity contribution in [1.29, 1.82) is 0 Å². The number of para-hydroxylation sites is 2. The van der Waals surface area contributed by atoms with Gasteiger partial charge in [-0.2, -0.15) is 0 Å². The number of hydrogen-bond acceptors (Lipinski definition) is 4. The molecule has 0 aromatic heterocycles. The first-order valence-corrected chi connectivity index (χ1v) is 11.0. The molecule has 0 aliphatic carbocycles. The van der Waals surface area contributed by atoms with Crippen LogP contribution in [0.4, 0.5) is 11.4 Å². The molecule has 0 amide bonds. The number of nitrogens with zero attached hydrogens (tertiary/aromatic N) is 3. The summed E-state index contributed by atoms with van der Waals surface area (Å²) in [5, 5.41) is 4.61. The minimum atomic E-state index is -0.123. The van der Waals surface area contributed by atoms with Gasteiger partial charge in [-0.25, -0.2) is 0 Å². The SMILES string of the molecule is CC(CN(C)C)CN1c2ccccc2C2ON=C(c3ccccc3)C2c2ccccc21. The summed E-state index contributed by atoms with van der Waals surface area (Å²) in [6.07, 6.45) is -0.123. The monoisotopic (exact) mass is 411 g/mol. The molecule has 0 saturated carbocycles. The lowest BCUT2D eigenvalue weighted by Crippen LogP contribution is -2.31. The molecule has 3 aromatic rings. The number of anilines is 2. The van der Waals surface area contributed by atoms with Crippen molar-refractivity contribution in [1.82, 2.24) is 4.90 Å². The van der Waals surface area contributed by atoms with Gasteiger partial charge < -0.3 is 14.6 Å². The molecule has 0 radical (unpaired) electrons. The Morgan fingerprint density at radius 3 is 2.19 bits per heavy atom. The number of fused-ring (bicyclic) bond motifs is 5. The van der Waals surface area contributed by atoms with Crippen LogP contribution < -0.4 is 4.90 Å². The fourth-order valence-electron chi connectivity index (χ4n) is 5.05. The molecule has 3 atom stereocenters. The standard InChI is InChI=1S/C27H29N3O/c1-19(17-29(2)3)18-30-23-15-9-7-13-21(23)25-26(20-11-5-4-6-12-20)28-31-27(25)22-14-8-10-16-24(22)30/h4-16,19,25,27H,17-18H2,1-3H3. The summed E-state index contributed by atoms with van der Waals surface area (Å²) >= 11 is 0. The van der Waals surface area contributed by atoms with Gasteiger partial charge in [-0.05, 0) is 37.7 Å². The van der Waals surface area contributed by atoms with Crippen molar-refractivity contribution in [3.8, 4) is 0 Å². The van der Waals surface area contributed by atoms with Crippen LogP contribution in [0.1, 0.15) is 35.6 Å². The molecule has 3 aromatic carbocycles. The van der Waals surface area contributed by atoms with E-state index in [0.29, 0.717) is 5.92 Å². The van der Waals surface area contributed by atoms with Gasteiger partial charge in [0, 0.05) is 35.6 Å². The zero-order chi connectivity index (χ0) is 21.4. The third-order valence-corrected chi connectivity index (χ3v) is 6.20. The maximum atomic E-state index is 6.16. The van der Waals surface area contributed by atoms with Crippen LogP contribution in [0.15, 0.2) is 84.0 Å². The summed E-state index contributed by atoms with van der Waals surface area (Å²) in [5.41, 5.74) is 7.09. The number of benzene rings is 3. The van der Waals surface area contributed by atoms with Crippen LogP contribution in [0.5, 0.6) is 0 Å². The molecule has 158 valence electrons. The van der Waals surface area contributed by atoms with E-state index in [9.17, 15) is 0 Å². The predicted molar refractivity (Wildman–Crippen MR) is 127 cm³/mol. The number of oxime groups is 1. The van der Waals surface area contributed by atoms with Gasteiger partial charge in [-0.15, -0.1) is 0 Å². The molecule has 2 heterocycles. The fraction of sp³-hybridized carbons (Fsp3) is 0.296. The van der Waals surface area contributed by atoms with E-state index < -0.39 is 0 Å². The molecule has 0 N–H and O–H groups in total. The van der Waals surface area contributed by atoms with Crippen molar-refractivity contribution in [2.24, 2.45) is 11.1 Å². The Hall–Kier alpha value is -3.11. The molecule has 4 nitrogen and oxygen atoms in total. The Kier molecular flexibility index (Phi) is 5.24. The van der Waals surface area contributed by atoms with Crippen molar-refractivity contribution in [3.05, 3.63) is 95.6 Å². The summed E-state index contributed by atoms with van der Waals surface area (Å²) in [6, 6.07) is 27.8. The highest BCUT2D eigenvalue weighted by Gasteiger charge is 2.43. The highest BCUT2D eigenvalue weighted by Crippen LogP contribution is 2.51. The topological polar surface area (TPSA) is 28.1 Å². The van der Waals surface area contributed by atoms with E-state index in [2.05, 4.69) is 109 Å². The van der Waals surface area contributed by atoms with Crippen LogP contribution in [0, 0.1) is 5.92 Å². The molecule has 0 fully saturated rings. The maximum Gasteiger partial charge on any atom is 0.167 e. The van der Waals surface area contributed by atoms with Crippen molar-refractivity contribution in [2.45, 2.75) is 18.9 Å². The van der Waals surface area contributed by atoms with Crippen LogP contribution in [-0.4, -0.2) is 37.8 Å². The van der Waals surface area contributed by atoms with E-state index in [1.54, 1.807) is 0 Å². The average Bonchev–Trinajstić information content (AvgIpc) is 3.18. The minimum Gasteiger partial charge on any atom is -0.386 e. The Labute approximate surface area is 184 Å². The van der Waals surface area contributed by atoms with Crippen molar-refractivity contribution in [2.75, 3.05) is 32.1 Å². The Morgan fingerprint density at radius 2 is 1.48 bits per heavy atom. The lowest BCUT2D eigenvalue weighted by atomic mass is 9.83. The highest BCUT2D eigenvalue weighted by molar-refractivity contribution is 6.07. The third-order valence-electron chi connectivity index (χ3n) is 6.20. The third kappa shape index (κ3) is 3.61. The maximum absolute atomic E-state index is 6.16. The predicted octanol–water partition coefficient (Wildman–Crippen LogP) is 5.60. The second kappa shape index (κ2) is 8.20. The van der Waals surface area contributed by atoms with Crippen LogP contribution in [0.2, 0.25) is 0 Å². The van der Waals surface area contributed by atoms with Crippen LogP contribution >= 0.6 is 0 Å². The van der Waals surface area contributed by atoms with Crippen molar-refractivity contribution >= 4 is 17.1 Å². The van der Waals surface area contributed by atoms with E-state index in [1.165, 1.54) is 22.5 Å². The van der Waals surface area contributed by atoms with E-state index in [4.69, 9.17) is 4.84 Å². The molecule has 0 bridgehead atoms. The number of rotatable bonds is 5. The Bertz CT molecular complexity index is 1090. The normalized spacial score (nSPS) is 20.3. The molecule has 5 rings (SSSR count). The average molecular weight is 412 g/mol. The van der Waals surface area contributed by atoms with Crippen molar-refractivity contribution < 1.29 is 4.84 Å². The minimum absolute atomic E-state index is 0.0638. The van der Waals surface area contributed by atoms with Gasteiger partial charge in [-0.1, -0.05) is 78.8 Å². The first-order valence-electron chi connectivity index (χ1n) is 11.0. The van der Waals surface area contributed by atoms with Crippen LogP contribution in [0.25, 0.3) is 0 Å². The Morgan fingerprint density at radius 1 is 0.871 bits per heavy atom. The fourth-order valence-corrected chi connectivity index (χ4v) is 5.05. The molecule has 4 heteroatoms. The van der Waals surface area contributed by atoms with Gasteiger partial charge in [-0.3, -0.25) is 0 Å². The smallest absolute Gasteiger partial charge is 0.167 e. The van der Waals surface area contributed by atoms with Gasteiger partial charge in [0.1, 0.15) is 0 Å². The van der Waals surface area contributed by atoms with Crippen molar-refractivity contribution in [3.63, 3.8) is 0 Å². The van der Waals surface area contributed by atoms with Crippen LogP contribution in [-0.2, 0) is 4.84 Å². The van der Waals surface area contributed by atoms with Crippen LogP contribution in [0.3, 0.4) is 0 Å². The summed E-state index contributed by atoms with van der Waals surface area (Å²) in [4.78, 5) is 10.9. The molecular formula is C27H29N3O. The number of hydrogen-bond donors (Lipinski definition) is 0. The molecule has 0 spiro atoms. The molecular weight excluding hydrogens is 382 g/mol. The molecule has 2 aliphatic heterocycles. The summed E-state index contributed by atoms with van der Waals surface area (Å²) in [6.45, 7) is 4.31. The zero-order valence-corrected chi connectivity index (χ0v) is 18.4. The van der Waals surface area contributed by atoms with Gasteiger partial charge in [0.05, 0.1) is 11.6 Å².